The van der Waals surface area contributed by atoms with Gasteiger partial charge in [0.15, 0.2) is 0 Å². The number of likely N-dealkylation sites (tertiary alicyclic amines) is 1. The van der Waals surface area contributed by atoms with Gasteiger partial charge in [-0.15, -0.1) is 0 Å². The number of carbonyl (C=O) groups is 1. The molecule has 3 unspecified atom stereocenters. The fourth-order valence-electron chi connectivity index (χ4n) is 3.87. The summed E-state index contributed by atoms with van der Waals surface area (Å²) in [6.45, 7) is 0.961. The maximum Gasteiger partial charge on any atom is 0.236 e. The lowest BCUT2D eigenvalue weighted by atomic mass is 9.82. The predicted octanol–water partition coefficient (Wildman–Crippen LogP) is 2.00. The number of rotatable bonds is 1. The van der Waals surface area contributed by atoms with Crippen LogP contribution in [0, 0.1) is 0 Å². The highest BCUT2D eigenvalue weighted by Crippen LogP contribution is 2.36. The van der Waals surface area contributed by atoms with Crippen molar-refractivity contribution in [3.63, 3.8) is 0 Å². The molecular formula is C13H21BrN2O. The molecule has 3 heterocycles. The summed E-state index contributed by atoms with van der Waals surface area (Å²) in [7, 11) is 2.27. The highest BCUT2D eigenvalue weighted by Gasteiger charge is 2.42. The van der Waals surface area contributed by atoms with Gasteiger partial charge in [0.25, 0.3) is 0 Å². The standard InChI is InChI=1S/C13H21BrN2O/c1-15-9-3-2-4-10(15)8-11(7-9)16-6-5-12(14)13(16)17/h9-12H,2-8H2,1H3. The molecule has 3 aliphatic rings. The third kappa shape index (κ3) is 2.03. The summed E-state index contributed by atoms with van der Waals surface area (Å²) in [5.74, 6) is 0.331. The van der Waals surface area contributed by atoms with Crippen molar-refractivity contribution in [3.05, 3.63) is 0 Å². The number of nitrogens with zero attached hydrogens (tertiary/aromatic N) is 2. The van der Waals surface area contributed by atoms with Gasteiger partial charge in [0.05, 0.1) is 4.83 Å². The van der Waals surface area contributed by atoms with E-state index in [0.29, 0.717) is 11.9 Å². The van der Waals surface area contributed by atoms with E-state index in [2.05, 4.69) is 32.8 Å². The second-order valence-corrected chi connectivity index (χ2v) is 6.92. The number of hydrogen-bond donors (Lipinski definition) is 0. The maximum atomic E-state index is 12.1. The van der Waals surface area contributed by atoms with E-state index >= 15 is 0 Å². The topological polar surface area (TPSA) is 23.6 Å². The van der Waals surface area contributed by atoms with E-state index in [1.54, 1.807) is 0 Å². The fraction of sp³-hybridized carbons (Fsp3) is 0.923. The Morgan fingerprint density at radius 1 is 1.12 bits per heavy atom. The van der Waals surface area contributed by atoms with Crippen LogP contribution < -0.4 is 0 Å². The summed E-state index contributed by atoms with van der Waals surface area (Å²) >= 11 is 3.48. The molecule has 0 aromatic heterocycles. The Bertz CT molecular complexity index is 309. The number of piperidine rings is 2. The van der Waals surface area contributed by atoms with E-state index < -0.39 is 0 Å². The Balaban J connectivity index is 1.72. The van der Waals surface area contributed by atoms with Crippen LogP contribution in [0.3, 0.4) is 0 Å². The number of halogens is 1. The molecule has 0 aliphatic carbocycles. The summed E-state index contributed by atoms with van der Waals surface area (Å²) < 4.78 is 0. The molecule has 0 aromatic carbocycles. The molecule has 3 fully saturated rings. The van der Waals surface area contributed by atoms with Crippen LogP contribution in [0.1, 0.15) is 38.5 Å². The Hall–Kier alpha value is -0.0900. The van der Waals surface area contributed by atoms with Crippen molar-refractivity contribution in [2.75, 3.05) is 13.6 Å². The molecule has 2 bridgehead atoms. The number of alkyl halides is 1. The minimum absolute atomic E-state index is 0.0852. The van der Waals surface area contributed by atoms with Gasteiger partial charge >= 0.3 is 0 Å². The number of amides is 1. The summed E-state index contributed by atoms with van der Waals surface area (Å²) in [6.07, 6.45) is 7.39. The van der Waals surface area contributed by atoms with E-state index in [4.69, 9.17) is 0 Å². The Labute approximate surface area is 112 Å². The van der Waals surface area contributed by atoms with E-state index in [1.165, 1.54) is 32.1 Å². The molecular weight excluding hydrogens is 280 g/mol. The summed E-state index contributed by atoms with van der Waals surface area (Å²) in [6, 6.07) is 1.95. The molecule has 1 amide bonds. The van der Waals surface area contributed by atoms with Gasteiger partial charge in [-0.3, -0.25) is 4.79 Å². The van der Waals surface area contributed by atoms with E-state index in [0.717, 1.165) is 25.0 Å². The van der Waals surface area contributed by atoms with Crippen LogP contribution in [0.5, 0.6) is 0 Å². The first-order chi connectivity index (χ1) is 8.16. The Morgan fingerprint density at radius 3 is 2.29 bits per heavy atom. The van der Waals surface area contributed by atoms with Gasteiger partial charge in [0.1, 0.15) is 0 Å². The normalized spacial score (nSPS) is 43.2. The molecule has 0 spiro atoms. The van der Waals surface area contributed by atoms with E-state index in [9.17, 15) is 4.79 Å². The van der Waals surface area contributed by atoms with Crippen molar-refractivity contribution in [1.82, 2.24) is 9.80 Å². The van der Waals surface area contributed by atoms with Crippen LogP contribution in [0.15, 0.2) is 0 Å². The summed E-state index contributed by atoms with van der Waals surface area (Å²) in [4.78, 5) is 16.9. The van der Waals surface area contributed by atoms with Crippen molar-refractivity contribution in [3.8, 4) is 0 Å². The minimum Gasteiger partial charge on any atom is -0.339 e. The van der Waals surface area contributed by atoms with Crippen molar-refractivity contribution in [1.29, 1.82) is 0 Å². The smallest absolute Gasteiger partial charge is 0.236 e. The van der Waals surface area contributed by atoms with Gasteiger partial charge in [-0.05, 0) is 39.2 Å². The molecule has 17 heavy (non-hydrogen) atoms. The van der Waals surface area contributed by atoms with Crippen LogP contribution in [0.25, 0.3) is 0 Å². The SMILES string of the molecule is CN1C2CCCC1CC(N1CCC(Br)C1=O)C2. The molecule has 3 aliphatic heterocycles. The molecule has 3 rings (SSSR count). The van der Waals surface area contributed by atoms with Gasteiger partial charge in [0, 0.05) is 24.7 Å². The predicted molar refractivity (Wildman–Crippen MR) is 71.3 cm³/mol. The van der Waals surface area contributed by atoms with Gasteiger partial charge in [-0.2, -0.15) is 0 Å². The molecule has 3 atom stereocenters. The number of fused-ring (bicyclic) bond motifs is 2. The Kier molecular flexibility index (Phi) is 3.20. The van der Waals surface area contributed by atoms with Gasteiger partial charge in [-0.1, -0.05) is 22.4 Å². The van der Waals surface area contributed by atoms with Crippen LogP contribution in [-0.4, -0.2) is 52.3 Å². The van der Waals surface area contributed by atoms with Crippen molar-refractivity contribution >= 4 is 21.8 Å². The lowest BCUT2D eigenvalue weighted by Crippen LogP contribution is -2.55. The third-order valence-electron chi connectivity index (χ3n) is 4.93. The van der Waals surface area contributed by atoms with Crippen LogP contribution in [0.4, 0.5) is 0 Å². The van der Waals surface area contributed by atoms with Crippen molar-refractivity contribution in [2.24, 2.45) is 0 Å². The molecule has 0 aromatic rings. The van der Waals surface area contributed by atoms with Crippen molar-refractivity contribution in [2.45, 2.75) is 61.5 Å². The highest BCUT2D eigenvalue weighted by molar-refractivity contribution is 9.10. The molecule has 0 saturated carbocycles. The minimum atomic E-state index is 0.0852. The second-order valence-electron chi connectivity index (χ2n) is 5.82. The zero-order valence-corrected chi connectivity index (χ0v) is 12.0. The lowest BCUT2D eigenvalue weighted by Gasteiger charge is -2.49. The van der Waals surface area contributed by atoms with Crippen LogP contribution >= 0.6 is 15.9 Å². The molecule has 96 valence electrons. The molecule has 0 radical (unpaired) electrons. The average molecular weight is 301 g/mol. The Morgan fingerprint density at radius 2 is 1.76 bits per heavy atom. The third-order valence-corrected chi connectivity index (χ3v) is 5.78. The van der Waals surface area contributed by atoms with Gasteiger partial charge in [0.2, 0.25) is 5.91 Å². The number of carbonyl (C=O) groups excluding carboxylic acids is 1. The molecule has 0 N–H and O–H groups in total. The van der Waals surface area contributed by atoms with E-state index in [1.807, 2.05) is 0 Å². The van der Waals surface area contributed by atoms with E-state index in [-0.39, 0.29) is 4.83 Å². The number of hydrogen-bond acceptors (Lipinski definition) is 2. The molecule has 4 heteroatoms. The maximum absolute atomic E-state index is 12.1. The van der Waals surface area contributed by atoms with Gasteiger partial charge < -0.3 is 9.80 Å². The lowest BCUT2D eigenvalue weighted by molar-refractivity contribution is -0.131. The van der Waals surface area contributed by atoms with Crippen molar-refractivity contribution < 1.29 is 4.79 Å². The zero-order chi connectivity index (χ0) is 12.0. The first-order valence-electron chi connectivity index (χ1n) is 6.83. The van der Waals surface area contributed by atoms with Gasteiger partial charge in [-0.25, -0.2) is 0 Å². The highest BCUT2D eigenvalue weighted by atomic mass is 79.9. The average Bonchev–Trinajstić information content (AvgIpc) is 2.60. The quantitative estimate of drug-likeness (QED) is 0.692. The fourth-order valence-corrected chi connectivity index (χ4v) is 4.34. The second kappa shape index (κ2) is 4.54. The monoisotopic (exact) mass is 300 g/mol. The van der Waals surface area contributed by atoms with Crippen LogP contribution in [0.2, 0.25) is 0 Å². The van der Waals surface area contributed by atoms with Crippen LogP contribution in [-0.2, 0) is 4.79 Å². The zero-order valence-electron chi connectivity index (χ0n) is 10.4. The first-order valence-corrected chi connectivity index (χ1v) is 7.75. The summed E-state index contributed by atoms with van der Waals surface area (Å²) in [5.41, 5.74) is 0. The molecule has 3 saturated heterocycles. The molecule has 3 nitrogen and oxygen atoms in total. The first kappa shape index (κ1) is 12.0. The largest absolute Gasteiger partial charge is 0.339 e. The summed E-state index contributed by atoms with van der Waals surface area (Å²) in [5, 5.41) is 0.